The van der Waals surface area contributed by atoms with E-state index in [2.05, 4.69) is 47.9 Å². The van der Waals surface area contributed by atoms with Gasteiger partial charge >= 0.3 is 0 Å². The van der Waals surface area contributed by atoms with Gasteiger partial charge in [-0.25, -0.2) is 0 Å². The van der Waals surface area contributed by atoms with Crippen molar-refractivity contribution in [3.8, 4) is 5.75 Å². The van der Waals surface area contributed by atoms with Gasteiger partial charge in [-0.15, -0.1) is 0 Å². The van der Waals surface area contributed by atoms with E-state index in [1.165, 1.54) is 11.1 Å². The molecule has 2 amide bonds. The van der Waals surface area contributed by atoms with Crippen LogP contribution in [-0.4, -0.2) is 49.0 Å². The first-order chi connectivity index (χ1) is 15.5. The predicted octanol–water partition coefficient (Wildman–Crippen LogP) is 3.64. The van der Waals surface area contributed by atoms with Gasteiger partial charge in [-0.1, -0.05) is 24.3 Å². The van der Waals surface area contributed by atoms with E-state index in [9.17, 15) is 9.59 Å². The number of hydrogen-bond acceptors (Lipinski definition) is 4. The molecule has 2 N–H and O–H groups in total. The first-order valence-electron chi connectivity index (χ1n) is 11.7. The molecule has 1 aliphatic heterocycles. The molecule has 1 aliphatic carbocycles. The van der Waals surface area contributed by atoms with Gasteiger partial charge in [0.25, 0.3) is 5.91 Å². The van der Waals surface area contributed by atoms with E-state index in [-0.39, 0.29) is 24.4 Å². The Morgan fingerprint density at radius 2 is 2.03 bits per heavy atom. The number of nitrogens with zero attached hydrogens (tertiary/aromatic N) is 1. The zero-order valence-corrected chi connectivity index (χ0v) is 19.0. The topological polar surface area (TPSA) is 70.7 Å². The molecule has 4 rings (SSSR count). The van der Waals surface area contributed by atoms with Gasteiger partial charge in [0.15, 0.2) is 0 Å². The van der Waals surface area contributed by atoms with Crippen LogP contribution in [0.25, 0.3) is 0 Å². The Bertz CT molecular complexity index is 944. The van der Waals surface area contributed by atoms with Gasteiger partial charge in [0, 0.05) is 30.7 Å². The van der Waals surface area contributed by atoms with E-state index >= 15 is 0 Å². The highest BCUT2D eigenvalue weighted by Gasteiger charge is 2.28. The molecule has 1 unspecified atom stereocenters. The molecule has 0 aromatic heterocycles. The maximum absolute atomic E-state index is 12.7. The Labute approximate surface area is 190 Å². The summed E-state index contributed by atoms with van der Waals surface area (Å²) in [6.45, 7) is 6.11. The second-order valence-corrected chi connectivity index (χ2v) is 8.80. The molecule has 2 aromatic rings. The van der Waals surface area contributed by atoms with Crippen LogP contribution < -0.4 is 15.4 Å². The lowest BCUT2D eigenvalue weighted by Crippen LogP contribution is -2.49. The van der Waals surface area contributed by atoms with Crippen molar-refractivity contribution in [3.05, 3.63) is 65.2 Å². The summed E-state index contributed by atoms with van der Waals surface area (Å²) in [5, 5.41) is 6.54. The molecule has 0 spiro atoms. The van der Waals surface area contributed by atoms with Crippen molar-refractivity contribution in [3.63, 3.8) is 0 Å². The number of amides is 2. The standard InChI is InChI=1S/C26H33N3O3/c1-3-32-24-6-4-5-21(16-24)18(2)28-23-12-11-22(15-23)19-7-9-20(10-8-19)26(31)29-14-13-27-25(30)17-29/h4-10,16,18,22-23,28H,3,11-15,17H2,1-2H3,(H,27,30)/t18-,22+,23?/m1/s1. The second kappa shape index (κ2) is 10.2. The average molecular weight is 436 g/mol. The minimum absolute atomic E-state index is 0.0690. The fourth-order valence-electron chi connectivity index (χ4n) is 4.82. The number of nitrogens with one attached hydrogen (secondary N) is 2. The quantitative estimate of drug-likeness (QED) is 0.697. The van der Waals surface area contributed by atoms with Crippen LogP contribution >= 0.6 is 0 Å². The van der Waals surface area contributed by atoms with E-state index in [1.807, 2.05) is 25.1 Å². The molecule has 32 heavy (non-hydrogen) atoms. The van der Waals surface area contributed by atoms with Gasteiger partial charge in [-0.05, 0) is 74.4 Å². The molecule has 1 heterocycles. The van der Waals surface area contributed by atoms with Crippen LogP contribution in [0.15, 0.2) is 48.5 Å². The SMILES string of the molecule is CCOc1cccc([C@@H](C)NC2CC[C@H](c3ccc(C(=O)N4CCNC(=O)C4)cc3)C2)c1. The second-order valence-electron chi connectivity index (χ2n) is 8.80. The monoisotopic (exact) mass is 435 g/mol. The summed E-state index contributed by atoms with van der Waals surface area (Å²) < 4.78 is 5.64. The van der Waals surface area contributed by atoms with Crippen LogP contribution in [0.1, 0.15) is 66.6 Å². The molecule has 1 saturated carbocycles. The van der Waals surface area contributed by atoms with Crippen molar-refractivity contribution in [2.45, 2.75) is 51.1 Å². The molecule has 2 fully saturated rings. The lowest BCUT2D eigenvalue weighted by atomic mass is 9.96. The minimum Gasteiger partial charge on any atom is -0.494 e. The molecular weight excluding hydrogens is 402 g/mol. The number of ether oxygens (including phenoxy) is 1. The third kappa shape index (κ3) is 5.30. The van der Waals surface area contributed by atoms with Crippen molar-refractivity contribution in [1.82, 2.24) is 15.5 Å². The van der Waals surface area contributed by atoms with Crippen molar-refractivity contribution >= 4 is 11.8 Å². The van der Waals surface area contributed by atoms with Crippen molar-refractivity contribution in [1.29, 1.82) is 0 Å². The minimum atomic E-state index is -0.0930. The molecule has 3 atom stereocenters. The molecular formula is C26H33N3O3. The summed E-state index contributed by atoms with van der Waals surface area (Å²) in [7, 11) is 0. The first-order valence-corrected chi connectivity index (χ1v) is 11.7. The summed E-state index contributed by atoms with van der Waals surface area (Å²) in [4.78, 5) is 25.9. The Morgan fingerprint density at radius 1 is 1.22 bits per heavy atom. The Morgan fingerprint density at radius 3 is 2.78 bits per heavy atom. The number of hydrogen-bond donors (Lipinski definition) is 2. The van der Waals surface area contributed by atoms with Crippen molar-refractivity contribution < 1.29 is 14.3 Å². The van der Waals surface area contributed by atoms with Crippen LogP contribution in [-0.2, 0) is 4.79 Å². The lowest BCUT2D eigenvalue weighted by Gasteiger charge is -2.26. The Kier molecular flexibility index (Phi) is 7.10. The van der Waals surface area contributed by atoms with Crippen LogP contribution in [0.4, 0.5) is 0 Å². The molecule has 6 heteroatoms. The fraction of sp³-hybridized carbons (Fsp3) is 0.462. The van der Waals surface area contributed by atoms with Crippen molar-refractivity contribution in [2.75, 3.05) is 26.2 Å². The van der Waals surface area contributed by atoms with E-state index in [0.29, 0.717) is 37.2 Å². The number of carbonyl (C=O) groups is 2. The van der Waals surface area contributed by atoms with Gasteiger partial charge in [0.2, 0.25) is 5.91 Å². The third-order valence-electron chi connectivity index (χ3n) is 6.54. The van der Waals surface area contributed by atoms with E-state index in [0.717, 1.165) is 25.0 Å². The van der Waals surface area contributed by atoms with Crippen LogP contribution in [0.5, 0.6) is 5.75 Å². The number of piperazine rings is 1. The zero-order valence-electron chi connectivity index (χ0n) is 19.0. The average Bonchev–Trinajstić information content (AvgIpc) is 3.27. The highest BCUT2D eigenvalue weighted by molar-refractivity contribution is 5.97. The molecule has 6 nitrogen and oxygen atoms in total. The van der Waals surface area contributed by atoms with E-state index in [4.69, 9.17) is 4.74 Å². The Balaban J connectivity index is 1.32. The predicted molar refractivity (Wildman–Crippen MR) is 125 cm³/mol. The first kappa shape index (κ1) is 22.3. The molecule has 1 saturated heterocycles. The summed E-state index contributed by atoms with van der Waals surface area (Å²) in [5.41, 5.74) is 3.18. The molecule has 2 aliphatic rings. The normalized spacial score (nSPS) is 21.8. The molecule has 170 valence electrons. The zero-order chi connectivity index (χ0) is 22.5. The number of benzene rings is 2. The van der Waals surface area contributed by atoms with Crippen LogP contribution in [0.3, 0.4) is 0 Å². The third-order valence-corrected chi connectivity index (χ3v) is 6.54. The van der Waals surface area contributed by atoms with Crippen molar-refractivity contribution in [2.24, 2.45) is 0 Å². The van der Waals surface area contributed by atoms with Gasteiger partial charge in [-0.3, -0.25) is 9.59 Å². The molecule has 0 radical (unpaired) electrons. The smallest absolute Gasteiger partial charge is 0.254 e. The van der Waals surface area contributed by atoms with Gasteiger partial charge in [-0.2, -0.15) is 0 Å². The highest BCUT2D eigenvalue weighted by Crippen LogP contribution is 2.35. The van der Waals surface area contributed by atoms with Crippen LogP contribution in [0.2, 0.25) is 0 Å². The summed E-state index contributed by atoms with van der Waals surface area (Å²) in [5.74, 6) is 1.26. The summed E-state index contributed by atoms with van der Waals surface area (Å²) in [6, 6.07) is 17.0. The van der Waals surface area contributed by atoms with Gasteiger partial charge in [0.05, 0.1) is 13.2 Å². The van der Waals surface area contributed by atoms with E-state index in [1.54, 1.807) is 4.90 Å². The van der Waals surface area contributed by atoms with E-state index < -0.39 is 0 Å². The van der Waals surface area contributed by atoms with Gasteiger partial charge < -0.3 is 20.3 Å². The largest absolute Gasteiger partial charge is 0.494 e. The van der Waals surface area contributed by atoms with Gasteiger partial charge in [0.1, 0.15) is 5.75 Å². The number of carbonyl (C=O) groups excluding carboxylic acids is 2. The Hall–Kier alpha value is -2.86. The maximum atomic E-state index is 12.7. The summed E-state index contributed by atoms with van der Waals surface area (Å²) in [6.07, 6.45) is 3.38. The van der Waals surface area contributed by atoms with Crippen LogP contribution in [0, 0.1) is 0 Å². The highest BCUT2D eigenvalue weighted by atomic mass is 16.5. The lowest BCUT2D eigenvalue weighted by molar-refractivity contribution is -0.123. The maximum Gasteiger partial charge on any atom is 0.254 e. The molecule has 2 aromatic carbocycles. The fourth-order valence-corrected chi connectivity index (χ4v) is 4.82. The number of rotatable bonds is 7. The molecule has 0 bridgehead atoms. The summed E-state index contributed by atoms with van der Waals surface area (Å²) >= 11 is 0.